The summed E-state index contributed by atoms with van der Waals surface area (Å²) in [4.78, 5) is 13.6. The fraction of sp³-hybridized carbons (Fsp3) is 0.609. The van der Waals surface area contributed by atoms with Gasteiger partial charge in [0.15, 0.2) is 6.29 Å². The van der Waals surface area contributed by atoms with E-state index in [0.717, 1.165) is 42.5 Å². The Hall–Kier alpha value is -2.36. The lowest BCUT2D eigenvalue weighted by molar-refractivity contribution is -0.0399. The van der Waals surface area contributed by atoms with Crippen LogP contribution in [0.25, 0.3) is 11.3 Å². The summed E-state index contributed by atoms with van der Waals surface area (Å²) in [5.74, 6) is 1.04. The molecule has 1 saturated heterocycles. The van der Waals surface area contributed by atoms with Gasteiger partial charge in [-0.25, -0.2) is 9.37 Å². The highest BCUT2D eigenvalue weighted by molar-refractivity contribution is 5.73. The van der Waals surface area contributed by atoms with Crippen molar-refractivity contribution in [2.75, 3.05) is 30.4 Å². The first kappa shape index (κ1) is 22.8. The smallest absolute Gasteiger partial charge is 0.224 e. The quantitative estimate of drug-likeness (QED) is 0.540. The SMILES string of the molecule is CC[C@H](F)CNc1ncc(-c2cc(CC3OCCO3)ccn2)c(N[C@H]2CC[C@H](O)CC2)n1. The Labute approximate surface area is 188 Å². The van der Waals surface area contributed by atoms with Gasteiger partial charge in [0.25, 0.3) is 0 Å². The van der Waals surface area contributed by atoms with Crippen molar-refractivity contribution in [2.45, 2.75) is 70.1 Å². The number of rotatable bonds is 9. The summed E-state index contributed by atoms with van der Waals surface area (Å²) in [5, 5.41) is 16.3. The third kappa shape index (κ3) is 6.11. The van der Waals surface area contributed by atoms with Crippen LogP contribution in [-0.4, -0.2) is 64.4 Å². The van der Waals surface area contributed by atoms with E-state index in [1.807, 2.05) is 12.1 Å². The van der Waals surface area contributed by atoms with Gasteiger partial charge >= 0.3 is 0 Å². The van der Waals surface area contributed by atoms with Crippen molar-refractivity contribution in [2.24, 2.45) is 0 Å². The molecule has 1 saturated carbocycles. The van der Waals surface area contributed by atoms with Gasteiger partial charge in [-0.15, -0.1) is 0 Å². The van der Waals surface area contributed by atoms with Crippen LogP contribution in [0.2, 0.25) is 0 Å². The molecule has 0 unspecified atom stereocenters. The van der Waals surface area contributed by atoms with Gasteiger partial charge in [0.2, 0.25) is 5.95 Å². The number of anilines is 2. The molecule has 1 aliphatic heterocycles. The first-order valence-electron chi connectivity index (χ1n) is 11.5. The minimum Gasteiger partial charge on any atom is -0.393 e. The number of aliphatic hydroxyl groups is 1. The lowest BCUT2D eigenvalue weighted by Gasteiger charge is -2.27. The van der Waals surface area contributed by atoms with Crippen LogP contribution in [-0.2, 0) is 15.9 Å². The average Bonchev–Trinajstić information content (AvgIpc) is 3.32. The average molecular weight is 446 g/mol. The number of hydrogen-bond donors (Lipinski definition) is 3. The molecule has 174 valence electrons. The summed E-state index contributed by atoms with van der Waals surface area (Å²) in [6.45, 7) is 3.21. The van der Waals surface area contributed by atoms with Crippen LogP contribution in [0.4, 0.5) is 16.2 Å². The monoisotopic (exact) mass is 445 g/mol. The maximum Gasteiger partial charge on any atom is 0.224 e. The zero-order valence-corrected chi connectivity index (χ0v) is 18.5. The van der Waals surface area contributed by atoms with E-state index >= 15 is 0 Å². The van der Waals surface area contributed by atoms with Crippen LogP contribution in [0.1, 0.15) is 44.6 Å². The summed E-state index contributed by atoms with van der Waals surface area (Å²) >= 11 is 0. The van der Waals surface area contributed by atoms with Crippen LogP contribution < -0.4 is 10.6 Å². The van der Waals surface area contributed by atoms with Gasteiger partial charge in [-0.3, -0.25) is 4.98 Å². The van der Waals surface area contributed by atoms with Crippen LogP contribution in [0, 0.1) is 0 Å². The Morgan fingerprint density at radius 3 is 2.72 bits per heavy atom. The molecule has 1 aliphatic carbocycles. The molecule has 1 atom stereocenters. The standard InChI is InChI=1S/C23H32FN5O3/c1-2-16(24)13-26-23-27-14-19(22(29-23)28-17-3-5-18(30)6-4-17)20-11-15(7-8-25-20)12-21-31-9-10-32-21/h7-8,11,14,16-18,21,30H,2-6,9-10,12-13H2,1H3,(H2,26,27,28,29)/t16-,17-,18-/m0/s1. The number of halogens is 1. The second-order valence-corrected chi connectivity index (χ2v) is 8.42. The van der Waals surface area contributed by atoms with Gasteiger partial charge in [0.05, 0.1) is 30.6 Å². The van der Waals surface area contributed by atoms with Crippen LogP contribution in [0.3, 0.4) is 0 Å². The minimum atomic E-state index is -0.951. The molecular weight excluding hydrogens is 413 g/mol. The van der Waals surface area contributed by atoms with Crippen molar-refractivity contribution in [1.29, 1.82) is 0 Å². The highest BCUT2D eigenvalue weighted by Gasteiger charge is 2.22. The Morgan fingerprint density at radius 2 is 1.97 bits per heavy atom. The van der Waals surface area contributed by atoms with Crippen LogP contribution in [0.15, 0.2) is 24.5 Å². The number of ether oxygens (including phenoxy) is 2. The first-order chi connectivity index (χ1) is 15.6. The van der Waals surface area contributed by atoms with E-state index in [9.17, 15) is 9.50 Å². The van der Waals surface area contributed by atoms with E-state index in [-0.39, 0.29) is 25.0 Å². The molecule has 3 N–H and O–H groups in total. The van der Waals surface area contributed by atoms with Gasteiger partial charge in [0.1, 0.15) is 12.0 Å². The first-order valence-corrected chi connectivity index (χ1v) is 11.5. The number of alkyl halides is 1. The van der Waals surface area contributed by atoms with E-state index < -0.39 is 6.17 Å². The summed E-state index contributed by atoms with van der Waals surface area (Å²) in [5.41, 5.74) is 2.59. The summed E-state index contributed by atoms with van der Waals surface area (Å²) < 4.78 is 24.8. The zero-order valence-electron chi connectivity index (χ0n) is 18.5. The predicted molar refractivity (Wildman–Crippen MR) is 120 cm³/mol. The molecule has 2 aliphatic rings. The Morgan fingerprint density at radius 1 is 1.19 bits per heavy atom. The van der Waals surface area contributed by atoms with Crippen molar-refractivity contribution >= 4 is 11.8 Å². The van der Waals surface area contributed by atoms with Gasteiger partial charge in [-0.1, -0.05) is 6.92 Å². The summed E-state index contributed by atoms with van der Waals surface area (Å²) in [6, 6.07) is 4.15. The number of aromatic nitrogens is 3. The Balaban J connectivity index is 1.56. The maximum atomic E-state index is 13.7. The number of hydrogen-bond acceptors (Lipinski definition) is 8. The highest BCUT2D eigenvalue weighted by atomic mass is 19.1. The van der Waals surface area contributed by atoms with Crippen LogP contribution >= 0.6 is 0 Å². The second-order valence-electron chi connectivity index (χ2n) is 8.42. The molecular formula is C23H32FN5O3. The molecule has 2 aromatic rings. The number of pyridine rings is 1. The maximum absolute atomic E-state index is 13.7. The molecule has 2 aromatic heterocycles. The van der Waals surface area contributed by atoms with Crippen molar-refractivity contribution in [1.82, 2.24) is 15.0 Å². The molecule has 8 nitrogen and oxygen atoms in total. The molecule has 0 amide bonds. The topological polar surface area (TPSA) is 101 Å². The molecule has 3 heterocycles. The molecule has 0 spiro atoms. The predicted octanol–water partition coefficient (Wildman–Crippen LogP) is 3.33. The van der Waals surface area contributed by atoms with Gasteiger partial charge < -0.3 is 25.2 Å². The largest absolute Gasteiger partial charge is 0.393 e. The fourth-order valence-electron chi connectivity index (χ4n) is 3.99. The lowest BCUT2D eigenvalue weighted by Crippen LogP contribution is -2.29. The fourth-order valence-corrected chi connectivity index (χ4v) is 3.99. The number of aliphatic hydroxyl groups excluding tert-OH is 1. The van der Waals surface area contributed by atoms with E-state index in [0.29, 0.717) is 37.8 Å². The third-order valence-electron chi connectivity index (χ3n) is 5.94. The van der Waals surface area contributed by atoms with E-state index in [1.165, 1.54) is 0 Å². The third-order valence-corrected chi connectivity index (χ3v) is 5.94. The van der Waals surface area contributed by atoms with Crippen molar-refractivity contribution in [3.63, 3.8) is 0 Å². The summed E-state index contributed by atoms with van der Waals surface area (Å²) in [7, 11) is 0. The number of nitrogens with zero attached hydrogens (tertiary/aromatic N) is 3. The van der Waals surface area contributed by atoms with Gasteiger partial charge in [-0.05, 0) is 49.8 Å². The minimum absolute atomic E-state index is 0.167. The zero-order chi connectivity index (χ0) is 22.3. The summed E-state index contributed by atoms with van der Waals surface area (Å²) in [6.07, 6.45) is 6.41. The molecule has 0 aromatic carbocycles. The van der Waals surface area contributed by atoms with Gasteiger partial charge in [-0.2, -0.15) is 4.98 Å². The Bertz CT molecular complexity index is 872. The molecule has 0 radical (unpaired) electrons. The lowest BCUT2D eigenvalue weighted by atomic mass is 9.93. The van der Waals surface area contributed by atoms with Crippen molar-refractivity contribution in [3.05, 3.63) is 30.1 Å². The van der Waals surface area contributed by atoms with Gasteiger partial charge in [0, 0.05) is 31.4 Å². The second kappa shape index (κ2) is 11.0. The molecule has 4 rings (SSSR count). The normalized spacial score (nSPS) is 22.6. The molecule has 9 heteroatoms. The molecule has 2 fully saturated rings. The van der Waals surface area contributed by atoms with Crippen molar-refractivity contribution in [3.8, 4) is 11.3 Å². The van der Waals surface area contributed by atoms with E-state index in [4.69, 9.17) is 9.47 Å². The van der Waals surface area contributed by atoms with Crippen molar-refractivity contribution < 1.29 is 19.0 Å². The van der Waals surface area contributed by atoms with E-state index in [2.05, 4.69) is 25.6 Å². The molecule has 32 heavy (non-hydrogen) atoms. The van der Waals surface area contributed by atoms with Crippen LogP contribution in [0.5, 0.6) is 0 Å². The van der Waals surface area contributed by atoms with E-state index in [1.54, 1.807) is 19.3 Å². The molecule has 0 bridgehead atoms. The Kier molecular flexibility index (Phi) is 7.83. The highest BCUT2D eigenvalue weighted by Crippen LogP contribution is 2.29. The number of nitrogens with one attached hydrogen (secondary N) is 2.